The quantitative estimate of drug-likeness (QED) is 0.736. The highest BCUT2D eigenvalue weighted by Gasteiger charge is 2.05. The molecule has 0 aromatic carbocycles. The fourth-order valence-corrected chi connectivity index (χ4v) is 1.67. The van der Waals surface area contributed by atoms with Gasteiger partial charge in [-0.15, -0.1) is 0 Å². The van der Waals surface area contributed by atoms with Crippen molar-refractivity contribution in [1.82, 2.24) is 15.3 Å². The number of nitrogens with one attached hydrogen (secondary N) is 1. The largest absolute Gasteiger partial charge is 0.358 e. The van der Waals surface area contributed by atoms with Crippen LogP contribution in [0.5, 0.6) is 0 Å². The summed E-state index contributed by atoms with van der Waals surface area (Å²) in [4.78, 5) is 11.0. The molecule has 0 aliphatic heterocycles. The van der Waals surface area contributed by atoms with Gasteiger partial charge in [-0.3, -0.25) is 4.98 Å². The summed E-state index contributed by atoms with van der Waals surface area (Å²) >= 11 is 0. The van der Waals surface area contributed by atoms with Crippen LogP contribution in [0, 0.1) is 5.92 Å². The lowest BCUT2D eigenvalue weighted by Crippen LogP contribution is -2.24. The highest BCUT2D eigenvalue weighted by molar-refractivity contribution is 5.34. The Morgan fingerprint density at radius 1 is 1.29 bits per heavy atom. The first-order valence-electron chi connectivity index (χ1n) is 6.36. The van der Waals surface area contributed by atoms with E-state index in [0.29, 0.717) is 5.92 Å². The molecule has 0 atom stereocenters. The molecule has 96 valence electrons. The molecule has 0 radical (unpaired) electrons. The van der Waals surface area contributed by atoms with Crippen molar-refractivity contribution in [2.75, 3.05) is 25.0 Å². The van der Waals surface area contributed by atoms with Gasteiger partial charge in [-0.25, -0.2) is 4.98 Å². The molecular formula is C13H24N4. The van der Waals surface area contributed by atoms with Crippen molar-refractivity contribution >= 4 is 5.82 Å². The van der Waals surface area contributed by atoms with Gasteiger partial charge in [0.1, 0.15) is 5.82 Å². The molecule has 1 aromatic rings. The summed E-state index contributed by atoms with van der Waals surface area (Å²) in [7, 11) is 2.05. The Balaban J connectivity index is 2.49. The van der Waals surface area contributed by atoms with Crippen LogP contribution in [-0.4, -0.2) is 30.1 Å². The zero-order chi connectivity index (χ0) is 12.7. The Morgan fingerprint density at radius 3 is 2.59 bits per heavy atom. The van der Waals surface area contributed by atoms with Gasteiger partial charge in [0, 0.05) is 20.1 Å². The number of aromatic nitrogens is 2. The third kappa shape index (κ3) is 5.13. The summed E-state index contributed by atoms with van der Waals surface area (Å²) < 4.78 is 0. The van der Waals surface area contributed by atoms with Crippen LogP contribution < -0.4 is 10.2 Å². The van der Waals surface area contributed by atoms with Gasteiger partial charge in [-0.2, -0.15) is 0 Å². The van der Waals surface area contributed by atoms with Crippen molar-refractivity contribution in [2.45, 2.75) is 33.7 Å². The van der Waals surface area contributed by atoms with Crippen LogP contribution in [0.15, 0.2) is 12.4 Å². The Hall–Kier alpha value is -1.16. The van der Waals surface area contributed by atoms with E-state index in [2.05, 4.69) is 48.0 Å². The molecule has 1 N–H and O–H groups in total. The van der Waals surface area contributed by atoms with Crippen molar-refractivity contribution in [3.8, 4) is 0 Å². The van der Waals surface area contributed by atoms with E-state index in [-0.39, 0.29) is 0 Å². The summed E-state index contributed by atoms with van der Waals surface area (Å²) in [6.07, 6.45) is 4.85. The standard InChI is InChI=1S/C13H24N4/c1-5-6-14-7-12-8-16-13(9-15-12)17(4)10-11(2)3/h8-9,11,14H,5-7,10H2,1-4H3. The Morgan fingerprint density at radius 2 is 2.06 bits per heavy atom. The molecule has 1 rings (SSSR count). The van der Waals surface area contributed by atoms with E-state index >= 15 is 0 Å². The molecule has 0 unspecified atom stereocenters. The van der Waals surface area contributed by atoms with Crippen molar-refractivity contribution in [2.24, 2.45) is 5.92 Å². The van der Waals surface area contributed by atoms with Gasteiger partial charge in [0.2, 0.25) is 0 Å². The molecule has 0 amide bonds. The predicted molar refractivity (Wildman–Crippen MR) is 72.1 cm³/mol. The maximum Gasteiger partial charge on any atom is 0.146 e. The molecular weight excluding hydrogens is 212 g/mol. The van der Waals surface area contributed by atoms with Crippen LogP contribution in [0.25, 0.3) is 0 Å². The normalized spacial score (nSPS) is 10.9. The molecule has 0 spiro atoms. The minimum atomic E-state index is 0.632. The van der Waals surface area contributed by atoms with Crippen LogP contribution in [0.4, 0.5) is 5.82 Å². The molecule has 0 fully saturated rings. The molecule has 1 heterocycles. The van der Waals surface area contributed by atoms with Gasteiger partial charge in [0.15, 0.2) is 0 Å². The molecule has 1 aromatic heterocycles. The highest BCUT2D eigenvalue weighted by Crippen LogP contribution is 2.08. The molecule has 0 aliphatic rings. The van der Waals surface area contributed by atoms with E-state index in [1.807, 2.05) is 12.4 Å². The fourth-order valence-electron chi connectivity index (χ4n) is 1.67. The first-order chi connectivity index (χ1) is 8.13. The molecule has 0 bridgehead atoms. The van der Waals surface area contributed by atoms with Crippen molar-refractivity contribution in [3.63, 3.8) is 0 Å². The molecule has 4 heteroatoms. The van der Waals surface area contributed by atoms with Crippen LogP contribution in [-0.2, 0) is 6.54 Å². The number of anilines is 1. The second kappa shape index (κ2) is 7.22. The average Bonchev–Trinajstić information content (AvgIpc) is 2.29. The van der Waals surface area contributed by atoms with E-state index < -0.39 is 0 Å². The Labute approximate surface area is 104 Å². The highest BCUT2D eigenvalue weighted by atomic mass is 15.2. The third-order valence-electron chi connectivity index (χ3n) is 2.45. The van der Waals surface area contributed by atoms with E-state index in [9.17, 15) is 0 Å². The predicted octanol–water partition coefficient (Wildman–Crippen LogP) is 2.07. The number of hydrogen-bond donors (Lipinski definition) is 1. The van der Waals surface area contributed by atoms with E-state index in [1.54, 1.807) is 0 Å². The SMILES string of the molecule is CCCNCc1cnc(N(C)CC(C)C)cn1. The topological polar surface area (TPSA) is 41.1 Å². The van der Waals surface area contributed by atoms with Crippen LogP contribution >= 0.6 is 0 Å². The van der Waals surface area contributed by atoms with E-state index in [1.165, 1.54) is 0 Å². The molecule has 0 saturated carbocycles. The summed E-state index contributed by atoms with van der Waals surface area (Å²) in [6.45, 7) is 9.39. The van der Waals surface area contributed by atoms with Crippen molar-refractivity contribution < 1.29 is 0 Å². The van der Waals surface area contributed by atoms with Gasteiger partial charge in [-0.1, -0.05) is 20.8 Å². The molecule has 0 aliphatic carbocycles. The average molecular weight is 236 g/mol. The number of hydrogen-bond acceptors (Lipinski definition) is 4. The van der Waals surface area contributed by atoms with Crippen LogP contribution in [0.1, 0.15) is 32.9 Å². The molecule has 17 heavy (non-hydrogen) atoms. The first-order valence-corrected chi connectivity index (χ1v) is 6.36. The third-order valence-corrected chi connectivity index (χ3v) is 2.45. The van der Waals surface area contributed by atoms with Gasteiger partial charge >= 0.3 is 0 Å². The molecule has 4 nitrogen and oxygen atoms in total. The lowest BCUT2D eigenvalue weighted by atomic mass is 10.2. The van der Waals surface area contributed by atoms with E-state index in [4.69, 9.17) is 0 Å². The molecule has 0 saturated heterocycles. The number of rotatable bonds is 7. The van der Waals surface area contributed by atoms with Crippen molar-refractivity contribution in [3.05, 3.63) is 18.1 Å². The van der Waals surface area contributed by atoms with Gasteiger partial charge < -0.3 is 10.2 Å². The summed E-state index contributed by atoms with van der Waals surface area (Å²) in [5.41, 5.74) is 1.00. The summed E-state index contributed by atoms with van der Waals surface area (Å²) in [5.74, 6) is 1.57. The zero-order valence-electron chi connectivity index (χ0n) is 11.4. The monoisotopic (exact) mass is 236 g/mol. The fraction of sp³-hybridized carbons (Fsp3) is 0.692. The minimum absolute atomic E-state index is 0.632. The summed E-state index contributed by atoms with van der Waals surface area (Å²) in [6, 6.07) is 0. The number of nitrogens with zero attached hydrogens (tertiary/aromatic N) is 3. The second-order valence-electron chi connectivity index (χ2n) is 4.82. The second-order valence-corrected chi connectivity index (χ2v) is 4.82. The van der Waals surface area contributed by atoms with Crippen LogP contribution in [0.2, 0.25) is 0 Å². The maximum atomic E-state index is 4.43. The van der Waals surface area contributed by atoms with Gasteiger partial charge in [-0.05, 0) is 18.9 Å². The Kier molecular flexibility index (Phi) is 5.91. The van der Waals surface area contributed by atoms with Gasteiger partial charge in [0.25, 0.3) is 0 Å². The Bertz CT molecular complexity index is 308. The van der Waals surface area contributed by atoms with E-state index in [0.717, 1.165) is 37.6 Å². The van der Waals surface area contributed by atoms with Gasteiger partial charge in [0.05, 0.1) is 18.1 Å². The first kappa shape index (κ1) is 13.9. The maximum absolute atomic E-state index is 4.43. The van der Waals surface area contributed by atoms with Crippen LogP contribution in [0.3, 0.4) is 0 Å². The lowest BCUT2D eigenvalue weighted by Gasteiger charge is -2.19. The summed E-state index contributed by atoms with van der Waals surface area (Å²) in [5, 5.41) is 3.32. The smallest absolute Gasteiger partial charge is 0.146 e. The minimum Gasteiger partial charge on any atom is -0.358 e. The van der Waals surface area contributed by atoms with Crippen molar-refractivity contribution in [1.29, 1.82) is 0 Å². The zero-order valence-corrected chi connectivity index (χ0v) is 11.4. The lowest BCUT2D eigenvalue weighted by molar-refractivity contribution is 0.631.